The number of amides is 1. The van der Waals surface area contributed by atoms with E-state index in [9.17, 15) is 4.79 Å². The normalized spacial score (nSPS) is 10.1. The maximum Gasteiger partial charge on any atom is 0.243 e. The van der Waals surface area contributed by atoms with Gasteiger partial charge in [0.15, 0.2) is 0 Å². The van der Waals surface area contributed by atoms with E-state index in [1.54, 1.807) is 56.8 Å². The molecule has 8 heteroatoms. The van der Waals surface area contributed by atoms with Crippen molar-refractivity contribution < 1.29 is 14.3 Å². The van der Waals surface area contributed by atoms with E-state index in [1.165, 1.54) is 0 Å². The van der Waals surface area contributed by atoms with Gasteiger partial charge in [-0.05, 0) is 15.9 Å². The Morgan fingerprint density at radius 1 is 1.17 bits per heavy atom. The smallest absolute Gasteiger partial charge is 0.243 e. The summed E-state index contributed by atoms with van der Waals surface area (Å²) in [5.41, 5.74) is 0.594. The highest BCUT2D eigenvalue weighted by Crippen LogP contribution is 2.25. The van der Waals surface area contributed by atoms with Gasteiger partial charge in [-0.25, -0.2) is 9.97 Å². The van der Waals surface area contributed by atoms with Crippen LogP contribution in [-0.2, 0) is 4.79 Å². The van der Waals surface area contributed by atoms with E-state index in [-0.39, 0.29) is 12.5 Å². The molecule has 1 amide bonds. The zero-order valence-electron chi connectivity index (χ0n) is 13.0. The van der Waals surface area contributed by atoms with Gasteiger partial charge in [0.25, 0.3) is 0 Å². The Kier molecular flexibility index (Phi) is 5.75. The fraction of sp³-hybridized carbons (Fsp3) is 0.267. The third-order valence-corrected chi connectivity index (χ3v) is 3.37. The fourth-order valence-corrected chi connectivity index (χ4v) is 2.07. The molecule has 23 heavy (non-hydrogen) atoms. The molecule has 0 aliphatic rings. The second kappa shape index (κ2) is 7.77. The number of benzene rings is 1. The maximum absolute atomic E-state index is 12.2. The van der Waals surface area contributed by atoms with Crippen molar-refractivity contribution >= 4 is 33.5 Å². The minimum absolute atomic E-state index is 0.112. The number of hydrogen-bond donors (Lipinski definition) is 1. The first-order chi connectivity index (χ1) is 11.0. The van der Waals surface area contributed by atoms with E-state index in [4.69, 9.17) is 9.47 Å². The van der Waals surface area contributed by atoms with Crippen molar-refractivity contribution in [2.45, 2.75) is 0 Å². The first-order valence-corrected chi connectivity index (χ1v) is 7.52. The molecule has 0 aliphatic carbocycles. The number of likely N-dealkylation sites (N-methyl/N-ethyl adjacent to an activating group) is 1. The highest BCUT2D eigenvalue weighted by atomic mass is 79.9. The summed E-state index contributed by atoms with van der Waals surface area (Å²) in [6, 6.07) is 5.17. The van der Waals surface area contributed by atoms with Gasteiger partial charge in [0, 0.05) is 43.3 Å². The Morgan fingerprint density at radius 3 is 2.26 bits per heavy atom. The van der Waals surface area contributed by atoms with Crippen LogP contribution in [0.3, 0.4) is 0 Å². The highest BCUT2D eigenvalue weighted by Gasteiger charge is 2.11. The molecule has 0 fully saturated rings. The number of halogens is 1. The van der Waals surface area contributed by atoms with Gasteiger partial charge in [0.1, 0.15) is 11.5 Å². The van der Waals surface area contributed by atoms with Crippen LogP contribution in [0.25, 0.3) is 0 Å². The molecule has 0 saturated heterocycles. The van der Waals surface area contributed by atoms with E-state index >= 15 is 0 Å². The standard InChI is InChI=1S/C15H17BrN4O3/c1-20(15-17-7-10(16)8-18-15)9-14(21)19-11-4-12(22-2)6-13(5-11)23-3/h4-8H,9H2,1-3H3,(H,19,21). The molecule has 0 radical (unpaired) electrons. The molecule has 1 N–H and O–H groups in total. The van der Waals surface area contributed by atoms with Crippen LogP contribution >= 0.6 is 15.9 Å². The molecule has 1 aromatic carbocycles. The number of methoxy groups -OCH3 is 2. The number of aromatic nitrogens is 2. The SMILES string of the molecule is COc1cc(NC(=O)CN(C)c2ncc(Br)cn2)cc(OC)c1. The summed E-state index contributed by atoms with van der Waals surface area (Å²) in [5, 5.41) is 2.80. The number of nitrogens with one attached hydrogen (secondary N) is 1. The van der Waals surface area contributed by atoms with Gasteiger partial charge in [-0.1, -0.05) is 0 Å². The molecule has 2 aromatic rings. The van der Waals surface area contributed by atoms with Gasteiger partial charge in [-0.15, -0.1) is 0 Å². The summed E-state index contributed by atoms with van der Waals surface area (Å²) < 4.78 is 11.1. The summed E-state index contributed by atoms with van der Waals surface area (Å²) in [7, 11) is 4.85. The minimum Gasteiger partial charge on any atom is -0.497 e. The zero-order chi connectivity index (χ0) is 16.8. The van der Waals surface area contributed by atoms with E-state index in [0.717, 1.165) is 4.47 Å². The minimum atomic E-state index is -0.200. The number of ether oxygens (including phenoxy) is 2. The third kappa shape index (κ3) is 4.82. The summed E-state index contributed by atoms with van der Waals surface area (Å²) in [5.74, 6) is 1.47. The van der Waals surface area contributed by atoms with Crippen LogP contribution < -0.4 is 19.7 Å². The molecule has 2 rings (SSSR count). The maximum atomic E-state index is 12.2. The summed E-state index contributed by atoms with van der Waals surface area (Å²) >= 11 is 3.27. The van der Waals surface area contributed by atoms with Crippen molar-refractivity contribution in [1.29, 1.82) is 0 Å². The summed E-state index contributed by atoms with van der Waals surface area (Å²) in [6.45, 7) is 0.112. The number of anilines is 2. The quantitative estimate of drug-likeness (QED) is 0.828. The fourth-order valence-electron chi connectivity index (χ4n) is 1.87. The zero-order valence-corrected chi connectivity index (χ0v) is 14.6. The molecule has 0 aliphatic heterocycles. The first-order valence-electron chi connectivity index (χ1n) is 6.73. The van der Waals surface area contributed by atoms with Crippen LogP contribution in [-0.4, -0.2) is 43.7 Å². The molecule has 122 valence electrons. The van der Waals surface area contributed by atoms with Crippen molar-refractivity contribution in [3.63, 3.8) is 0 Å². The van der Waals surface area contributed by atoms with Crippen LogP contribution in [0.4, 0.5) is 11.6 Å². The van der Waals surface area contributed by atoms with E-state index in [0.29, 0.717) is 23.1 Å². The molecule has 1 heterocycles. The third-order valence-electron chi connectivity index (χ3n) is 2.96. The predicted molar refractivity (Wildman–Crippen MR) is 91.2 cm³/mol. The molecule has 7 nitrogen and oxygen atoms in total. The Hall–Kier alpha value is -2.35. The monoisotopic (exact) mass is 380 g/mol. The lowest BCUT2D eigenvalue weighted by atomic mass is 10.2. The predicted octanol–water partition coefficient (Wildman–Crippen LogP) is 2.33. The average molecular weight is 381 g/mol. The number of rotatable bonds is 6. The molecule has 1 aromatic heterocycles. The Morgan fingerprint density at radius 2 is 1.74 bits per heavy atom. The number of nitrogens with zero attached hydrogens (tertiary/aromatic N) is 3. The Labute approximate surface area is 142 Å². The van der Waals surface area contributed by atoms with Crippen LogP contribution in [0.5, 0.6) is 11.5 Å². The topological polar surface area (TPSA) is 76.6 Å². The molecular weight excluding hydrogens is 364 g/mol. The van der Waals surface area contributed by atoms with E-state index < -0.39 is 0 Å². The largest absolute Gasteiger partial charge is 0.497 e. The van der Waals surface area contributed by atoms with Gasteiger partial charge in [0.2, 0.25) is 11.9 Å². The van der Waals surface area contributed by atoms with Crippen LogP contribution in [0.1, 0.15) is 0 Å². The number of hydrogen-bond acceptors (Lipinski definition) is 6. The second-order valence-corrected chi connectivity index (χ2v) is 5.62. The van der Waals surface area contributed by atoms with Gasteiger partial charge < -0.3 is 19.7 Å². The molecule has 0 bridgehead atoms. The van der Waals surface area contributed by atoms with Crippen LogP contribution in [0.2, 0.25) is 0 Å². The van der Waals surface area contributed by atoms with Gasteiger partial charge in [-0.2, -0.15) is 0 Å². The van der Waals surface area contributed by atoms with E-state index in [1.807, 2.05) is 0 Å². The van der Waals surface area contributed by atoms with Crippen molar-refractivity contribution in [3.05, 3.63) is 35.1 Å². The Balaban J connectivity index is 2.03. The van der Waals surface area contributed by atoms with Crippen molar-refractivity contribution in [3.8, 4) is 11.5 Å². The van der Waals surface area contributed by atoms with Crippen LogP contribution in [0.15, 0.2) is 35.1 Å². The number of carbonyl (C=O) groups is 1. The van der Waals surface area contributed by atoms with Gasteiger partial charge in [0.05, 0.1) is 25.2 Å². The van der Waals surface area contributed by atoms with Gasteiger partial charge >= 0.3 is 0 Å². The van der Waals surface area contributed by atoms with Crippen molar-refractivity contribution in [1.82, 2.24) is 9.97 Å². The Bertz CT molecular complexity index is 657. The summed E-state index contributed by atoms with van der Waals surface area (Å²) in [4.78, 5) is 22.1. The molecule has 0 atom stereocenters. The first kappa shape index (κ1) is 17.0. The number of carbonyl (C=O) groups excluding carboxylic acids is 1. The van der Waals surface area contributed by atoms with Crippen LogP contribution in [0, 0.1) is 0 Å². The van der Waals surface area contributed by atoms with Crippen molar-refractivity contribution in [2.24, 2.45) is 0 Å². The highest BCUT2D eigenvalue weighted by molar-refractivity contribution is 9.10. The lowest BCUT2D eigenvalue weighted by molar-refractivity contribution is -0.114. The summed E-state index contributed by atoms with van der Waals surface area (Å²) in [6.07, 6.45) is 3.26. The van der Waals surface area contributed by atoms with Gasteiger partial charge in [-0.3, -0.25) is 4.79 Å². The molecule has 0 unspecified atom stereocenters. The van der Waals surface area contributed by atoms with E-state index in [2.05, 4.69) is 31.2 Å². The van der Waals surface area contributed by atoms with Crippen molar-refractivity contribution in [2.75, 3.05) is 38.0 Å². The lowest BCUT2D eigenvalue weighted by Gasteiger charge is -2.16. The lowest BCUT2D eigenvalue weighted by Crippen LogP contribution is -2.31. The second-order valence-electron chi connectivity index (χ2n) is 4.71. The molecule has 0 spiro atoms. The molecule has 0 saturated carbocycles. The molecular formula is C15H17BrN4O3. The average Bonchev–Trinajstić information content (AvgIpc) is 2.54.